The zero-order valence-corrected chi connectivity index (χ0v) is 15.0. The van der Waals surface area contributed by atoms with Crippen LogP contribution >= 0.6 is 0 Å². The number of methoxy groups -OCH3 is 1. The number of para-hydroxylation sites is 1. The molecule has 0 spiro atoms. The minimum atomic E-state index is 0.542. The van der Waals surface area contributed by atoms with E-state index < -0.39 is 0 Å². The van der Waals surface area contributed by atoms with Crippen LogP contribution in [0, 0.1) is 0 Å². The van der Waals surface area contributed by atoms with Crippen LogP contribution in [0.5, 0.6) is 5.75 Å². The maximum Gasteiger partial charge on any atom is 0.119 e. The van der Waals surface area contributed by atoms with Crippen LogP contribution in [0.25, 0.3) is 10.9 Å². The molecule has 0 aliphatic rings. The summed E-state index contributed by atoms with van der Waals surface area (Å²) in [6.45, 7) is 0.753. The summed E-state index contributed by atoms with van der Waals surface area (Å²) in [6.07, 6.45) is 2.05. The van der Waals surface area contributed by atoms with Crippen molar-refractivity contribution >= 4 is 16.6 Å². The van der Waals surface area contributed by atoms with Gasteiger partial charge in [0.2, 0.25) is 0 Å². The lowest BCUT2D eigenvalue weighted by Crippen LogP contribution is -2.03. The van der Waals surface area contributed by atoms with Crippen molar-refractivity contribution in [1.29, 1.82) is 0 Å². The number of fused-ring (bicyclic) bond motifs is 1. The first kappa shape index (κ1) is 16.9. The average molecular weight is 356 g/mol. The fraction of sp³-hybridized carbons (Fsp3) is 0.0870. The highest BCUT2D eigenvalue weighted by molar-refractivity contribution is 6.19. The predicted octanol–water partition coefficient (Wildman–Crippen LogP) is 4.92. The summed E-state index contributed by atoms with van der Waals surface area (Å²) in [5.74, 6) is 0.766. The maximum absolute atomic E-state index is 9.77. The van der Waals surface area contributed by atoms with E-state index in [1.807, 2.05) is 54.6 Å². The third-order valence-electron chi connectivity index (χ3n) is 4.70. The zero-order chi connectivity index (χ0) is 18.6. The molecule has 1 heterocycles. The molecular formula is C23H20N2O2. The zero-order valence-electron chi connectivity index (χ0n) is 15.0. The van der Waals surface area contributed by atoms with E-state index >= 15 is 0 Å². The Morgan fingerprint density at radius 2 is 1.63 bits per heavy atom. The Kier molecular flexibility index (Phi) is 4.62. The number of aromatic nitrogens is 1. The lowest BCUT2D eigenvalue weighted by Gasteiger charge is -2.05. The second kappa shape index (κ2) is 7.38. The first-order chi connectivity index (χ1) is 13.3. The summed E-state index contributed by atoms with van der Waals surface area (Å²) < 4.78 is 7.41. The molecule has 3 aromatic carbocycles. The smallest absolute Gasteiger partial charge is 0.119 e. The molecule has 4 heteroatoms. The van der Waals surface area contributed by atoms with Crippen molar-refractivity contribution in [2.75, 3.05) is 7.11 Å². The van der Waals surface area contributed by atoms with Gasteiger partial charge in [0.25, 0.3) is 0 Å². The second-order valence-corrected chi connectivity index (χ2v) is 6.35. The van der Waals surface area contributed by atoms with Gasteiger partial charge in [-0.25, -0.2) is 0 Å². The lowest BCUT2D eigenvalue weighted by molar-refractivity contribution is 0.319. The highest BCUT2D eigenvalue weighted by atomic mass is 16.5. The maximum atomic E-state index is 9.77. The Labute approximate surface area is 157 Å². The van der Waals surface area contributed by atoms with Crippen molar-refractivity contribution < 1.29 is 9.94 Å². The first-order valence-corrected chi connectivity index (χ1v) is 8.79. The van der Waals surface area contributed by atoms with Gasteiger partial charge in [0, 0.05) is 34.8 Å². The third-order valence-corrected chi connectivity index (χ3v) is 4.70. The largest absolute Gasteiger partial charge is 0.497 e. The van der Waals surface area contributed by atoms with E-state index in [0.29, 0.717) is 5.71 Å². The second-order valence-electron chi connectivity index (χ2n) is 6.35. The highest BCUT2D eigenvalue weighted by Crippen LogP contribution is 2.26. The lowest BCUT2D eigenvalue weighted by atomic mass is 10.0. The molecule has 0 bridgehead atoms. The number of ether oxygens (including phenoxy) is 1. The molecule has 0 radical (unpaired) electrons. The van der Waals surface area contributed by atoms with Gasteiger partial charge in [-0.15, -0.1) is 0 Å². The van der Waals surface area contributed by atoms with E-state index in [-0.39, 0.29) is 0 Å². The van der Waals surface area contributed by atoms with Gasteiger partial charge in [-0.2, -0.15) is 0 Å². The predicted molar refractivity (Wildman–Crippen MR) is 108 cm³/mol. The molecule has 1 aromatic heterocycles. The normalized spacial score (nSPS) is 11.7. The molecule has 27 heavy (non-hydrogen) atoms. The van der Waals surface area contributed by atoms with E-state index in [0.717, 1.165) is 34.3 Å². The van der Waals surface area contributed by atoms with Crippen LogP contribution in [0.1, 0.15) is 16.7 Å². The Hall–Kier alpha value is -3.53. The minimum absolute atomic E-state index is 0.542. The number of nitrogens with zero attached hydrogens (tertiary/aromatic N) is 2. The van der Waals surface area contributed by atoms with Crippen LogP contribution in [-0.4, -0.2) is 22.6 Å². The van der Waals surface area contributed by atoms with Crippen molar-refractivity contribution in [1.82, 2.24) is 4.57 Å². The average Bonchev–Trinajstić information content (AvgIpc) is 3.08. The minimum Gasteiger partial charge on any atom is -0.497 e. The molecule has 0 aliphatic heterocycles. The number of hydrogen-bond donors (Lipinski definition) is 1. The first-order valence-electron chi connectivity index (χ1n) is 8.79. The summed E-state index contributed by atoms with van der Waals surface area (Å²) in [6, 6.07) is 26.0. The van der Waals surface area contributed by atoms with Crippen molar-refractivity contribution in [3.8, 4) is 5.75 Å². The summed E-state index contributed by atoms with van der Waals surface area (Å²) in [5, 5.41) is 14.4. The molecule has 0 saturated heterocycles. The van der Waals surface area contributed by atoms with Crippen LogP contribution in [0.4, 0.5) is 0 Å². The Morgan fingerprint density at radius 3 is 2.33 bits per heavy atom. The van der Waals surface area contributed by atoms with Crippen molar-refractivity contribution in [2.45, 2.75) is 6.54 Å². The molecule has 134 valence electrons. The molecule has 4 rings (SSSR count). The van der Waals surface area contributed by atoms with Crippen LogP contribution < -0.4 is 4.74 Å². The van der Waals surface area contributed by atoms with E-state index in [1.165, 1.54) is 5.56 Å². The van der Waals surface area contributed by atoms with Gasteiger partial charge in [-0.1, -0.05) is 53.7 Å². The van der Waals surface area contributed by atoms with Gasteiger partial charge in [0.1, 0.15) is 11.5 Å². The van der Waals surface area contributed by atoms with E-state index in [2.05, 4.69) is 40.2 Å². The van der Waals surface area contributed by atoms with Gasteiger partial charge < -0.3 is 14.5 Å². The number of benzene rings is 3. The quantitative estimate of drug-likeness (QED) is 0.313. The number of rotatable bonds is 5. The van der Waals surface area contributed by atoms with Gasteiger partial charge in [0.05, 0.1) is 7.11 Å². The monoisotopic (exact) mass is 356 g/mol. The molecule has 1 N–H and O–H groups in total. The Morgan fingerprint density at radius 1 is 0.926 bits per heavy atom. The molecule has 0 atom stereocenters. The van der Waals surface area contributed by atoms with Gasteiger partial charge in [0.15, 0.2) is 0 Å². The van der Waals surface area contributed by atoms with E-state index in [4.69, 9.17) is 4.74 Å². The topological polar surface area (TPSA) is 46.8 Å². The molecule has 4 aromatic rings. The molecule has 0 amide bonds. The standard InChI is InChI=1S/C23H20N2O2/c1-27-19-13-11-18(12-14-19)23(24-26)21-16-25(15-17-7-3-2-4-8-17)22-10-6-5-9-20(21)22/h2-14,16,26H,15H2,1H3/b24-23-. The highest BCUT2D eigenvalue weighted by Gasteiger charge is 2.16. The number of hydrogen-bond acceptors (Lipinski definition) is 3. The van der Waals surface area contributed by atoms with E-state index in [9.17, 15) is 5.21 Å². The Bertz CT molecular complexity index is 1080. The third kappa shape index (κ3) is 3.29. The molecular weight excluding hydrogens is 336 g/mol. The molecule has 0 saturated carbocycles. The van der Waals surface area contributed by atoms with Crippen molar-refractivity contribution in [3.63, 3.8) is 0 Å². The van der Waals surface area contributed by atoms with Gasteiger partial charge in [-0.3, -0.25) is 0 Å². The summed E-state index contributed by atoms with van der Waals surface area (Å²) in [5.41, 5.74) is 4.60. The van der Waals surface area contributed by atoms with E-state index in [1.54, 1.807) is 7.11 Å². The fourth-order valence-corrected chi connectivity index (χ4v) is 3.36. The SMILES string of the molecule is COc1ccc(/C(=N/O)c2cn(Cc3ccccc3)c3ccccc23)cc1. The summed E-state index contributed by atoms with van der Waals surface area (Å²) >= 11 is 0. The van der Waals surface area contributed by atoms with Gasteiger partial charge in [-0.05, 0) is 35.9 Å². The molecule has 4 nitrogen and oxygen atoms in total. The summed E-state index contributed by atoms with van der Waals surface area (Å²) in [7, 11) is 1.63. The fourth-order valence-electron chi connectivity index (χ4n) is 3.36. The van der Waals surface area contributed by atoms with Crippen LogP contribution in [-0.2, 0) is 6.54 Å². The molecule has 0 unspecified atom stereocenters. The molecule has 0 fully saturated rings. The molecule has 0 aliphatic carbocycles. The van der Waals surface area contributed by atoms with Crippen molar-refractivity contribution in [3.05, 3.63) is 102 Å². The Balaban J connectivity index is 1.80. The summed E-state index contributed by atoms with van der Waals surface area (Å²) in [4.78, 5) is 0. The number of oxime groups is 1. The van der Waals surface area contributed by atoms with Crippen molar-refractivity contribution in [2.24, 2.45) is 5.16 Å². The van der Waals surface area contributed by atoms with Crippen LogP contribution in [0.3, 0.4) is 0 Å². The van der Waals surface area contributed by atoms with Crippen LogP contribution in [0.15, 0.2) is 90.2 Å². The van der Waals surface area contributed by atoms with Gasteiger partial charge >= 0.3 is 0 Å². The van der Waals surface area contributed by atoms with Crippen LogP contribution in [0.2, 0.25) is 0 Å².